The third-order valence-corrected chi connectivity index (χ3v) is 5.42. The van der Waals surface area contributed by atoms with E-state index in [0.717, 1.165) is 56.8 Å². The molecule has 5 heteroatoms. The average molecular weight is 346 g/mol. The SMILES string of the molecule is COCCN1CCC2(CC1)C[C@H](NC(=O)C(C)C)c1ccccc1O2. The zero-order valence-electron chi connectivity index (χ0n) is 15.6. The molecule has 1 saturated heterocycles. The lowest BCUT2D eigenvalue weighted by atomic mass is 9.80. The first-order chi connectivity index (χ1) is 12.0. The van der Waals surface area contributed by atoms with Crippen LogP contribution in [0.5, 0.6) is 5.75 Å². The quantitative estimate of drug-likeness (QED) is 0.891. The maximum absolute atomic E-state index is 12.3. The molecule has 1 aromatic carbocycles. The normalized spacial score (nSPS) is 22.5. The maximum atomic E-state index is 12.3. The lowest BCUT2D eigenvalue weighted by Gasteiger charge is -2.47. The average Bonchev–Trinajstić information content (AvgIpc) is 2.61. The highest BCUT2D eigenvalue weighted by molar-refractivity contribution is 5.78. The van der Waals surface area contributed by atoms with Crippen LogP contribution < -0.4 is 10.1 Å². The van der Waals surface area contributed by atoms with Gasteiger partial charge in [-0.05, 0) is 18.9 Å². The predicted octanol–water partition coefficient (Wildman–Crippen LogP) is 2.76. The summed E-state index contributed by atoms with van der Waals surface area (Å²) in [4.78, 5) is 14.7. The number of nitrogens with zero attached hydrogens (tertiary/aromatic N) is 1. The first kappa shape index (κ1) is 18.2. The zero-order valence-corrected chi connectivity index (χ0v) is 15.6. The van der Waals surface area contributed by atoms with Crippen molar-refractivity contribution in [1.29, 1.82) is 0 Å². The summed E-state index contributed by atoms with van der Waals surface area (Å²) in [5, 5.41) is 3.24. The van der Waals surface area contributed by atoms with Gasteiger partial charge in [0.2, 0.25) is 5.91 Å². The number of piperidine rings is 1. The van der Waals surface area contributed by atoms with Gasteiger partial charge in [-0.3, -0.25) is 4.79 Å². The summed E-state index contributed by atoms with van der Waals surface area (Å²) in [5.41, 5.74) is 0.927. The Balaban J connectivity index is 1.74. The molecule has 25 heavy (non-hydrogen) atoms. The molecule has 1 N–H and O–H groups in total. The summed E-state index contributed by atoms with van der Waals surface area (Å²) in [6, 6.07) is 8.16. The highest BCUT2D eigenvalue weighted by Crippen LogP contribution is 2.44. The number of carbonyl (C=O) groups excluding carboxylic acids is 1. The van der Waals surface area contributed by atoms with Crippen molar-refractivity contribution in [3.05, 3.63) is 29.8 Å². The van der Waals surface area contributed by atoms with E-state index in [1.165, 1.54) is 0 Å². The number of hydrogen-bond donors (Lipinski definition) is 1. The molecular weight excluding hydrogens is 316 g/mol. The number of carbonyl (C=O) groups is 1. The molecule has 3 rings (SSSR count). The van der Waals surface area contributed by atoms with Crippen LogP contribution in [0.3, 0.4) is 0 Å². The van der Waals surface area contributed by atoms with E-state index in [9.17, 15) is 4.79 Å². The molecule has 0 aliphatic carbocycles. The Bertz CT molecular complexity index is 594. The van der Waals surface area contributed by atoms with E-state index in [0.29, 0.717) is 0 Å². The molecule has 1 spiro atoms. The number of methoxy groups -OCH3 is 1. The van der Waals surface area contributed by atoms with Crippen LogP contribution in [-0.2, 0) is 9.53 Å². The van der Waals surface area contributed by atoms with E-state index >= 15 is 0 Å². The van der Waals surface area contributed by atoms with Gasteiger partial charge in [0, 0.05) is 44.6 Å². The Hall–Kier alpha value is -1.59. The van der Waals surface area contributed by atoms with E-state index in [1.807, 2.05) is 32.0 Å². The summed E-state index contributed by atoms with van der Waals surface area (Å²) in [6.07, 6.45) is 2.82. The summed E-state index contributed by atoms with van der Waals surface area (Å²) >= 11 is 0. The van der Waals surface area contributed by atoms with Crippen LogP contribution in [-0.4, -0.2) is 49.8 Å². The van der Waals surface area contributed by atoms with Gasteiger partial charge in [-0.25, -0.2) is 0 Å². The van der Waals surface area contributed by atoms with E-state index < -0.39 is 0 Å². The molecule has 2 aliphatic rings. The monoisotopic (exact) mass is 346 g/mol. The number of likely N-dealkylation sites (tertiary alicyclic amines) is 1. The highest BCUT2D eigenvalue weighted by Gasteiger charge is 2.43. The first-order valence-electron chi connectivity index (χ1n) is 9.32. The summed E-state index contributed by atoms with van der Waals surface area (Å²) in [6.45, 7) is 7.63. The number of benzene rings is 1. The number of fused-ring (bicyclic) bond motifs is 1. The van der Waals surface area contributed by atoms with Crippen molar-refractivity contribution in [2.45, 2.75) is 44.8 Å². The number of para-hydroxylation sites is 1. The zero-order chi connectivity index (χ0) is 17.9. The standard InChI is InChI=1S/C20H30N2O3/c1-15(2)19(23)21-17-14-20(25-18-7-5-4-6-16(17)18)8-10-22(11-9-20)12-13-24-3/h4-7,15,17H,8-14H2,1-3H3,(H,21,23)/t17-/m0/s1. The molecular formula is C20H30N2O3. The van der Waals surface area contributed by atoms with Crippen molar-refractivity contribution in [1.82, 2.24) is 10.2 Å². The predicted molar refractivity (Wildman–Crippen MR) is 97.7 cm³/mol. The molecule has 0 bridgehead atoms. The van der Waals surface area contributed by atoms with Crippen LogP contribution in [0.4, 0.5) is 0 Å². The van der Waals surface area contributed by atoms with Crippen molar-refractivity contribution < 1.29 is 14.3 Å². The molecule has 138 valence electrons. The van der Waals surface area contributed by atoms with Crippen molar-refractivity contribution in [3.8, 4) is 5.75 Å². The Morgan fingerprint density at radius 2 is 2.08 bits per heavy atom. The van der Waals surface area contributed by atoms with E-state index in [4.69, 9.17) is 9.47 Å². The molecule has 1 atom stereocenters. The lowest BCUT2D eigenvalue weighted by Crippen LogP contribution is -2.52. The number of rotatable bonds is 5. The van der Waals surface area contributed by atoms with Crippen LogP contribution in [0.15, 0.2) is 24.3 Å². The molecule has 1 fully saturated rings. The maximum Gasteiger partial charge on any atom is 0.223 e. The Morgan fingerprint density at radius 3 is 2.76 bits per heavy atom. The third-order valence-electron chi connectivity index (χ3n) is 5.42. The van der Waals surface area contributed by atoms with Crippen LogP contribution in [0, 0.1) is 5.92 Å². The van der Waals surface area contributed by atoms with E-state index in [-0.39, 0.29) is 23.5 Å². The van der Waals surface area contributed by atoms with Gasteiger partial charge < -0.3 is 19.7 Å². The third kappa shape index (κ3) is 4.15. The van der Waals surface area contributed by atoms with Crippen LogP contribution in [0.1, 0.15) is 44.7 Å². The van der Waals surface area contributed by atoms with Gasteiger partial charge in [-0.2, -0.15) is 0 Å². The fourth-order valence-electron chi connectivity index (χ4n) is 3.80. The van der Waals surface area contributed by atoms with Gasteiger partial charge >= 0.3 is 0 Å². The minimum Gasteiger partial charge on any atom is -0.487 e. The molecule has 0 aromatic heterocycles. The van der Waals surface area contributed by atoms with Crippen molar-refractivity contribution in [3.63, 3.8) is 0 Å². The molecule has 2 heterocycles. The van der Waals surface area contributed by atoms with Crippen LogP contribution in [0.25, 0.3) is 0 Å². The summed E-state index contributed by atoms with van der Waals surface area (Å²) in [7, 11) is 1.74. The topological polar surface area (TPSA) is 50.8 Å². The second kappa shape index (κ2) is 7.75. The summed E-state index contributed by atoms with van der Waals surface area (Å²) < 4.78 is 11.7. The molecule has 1 aromatic rings. The van der Waals surface area contributed by atoms with E-state index in [1.54, 1.807) is 7.11 Å². The van der Waals surface area contributed by atoms with Gasteiger partial charge in [-0.1, -0.05) is 32.0 Å². The number of ether oxygens (including phenoxy) is 2. The van der Waals surface area contributed by atoms with Gasteiger partial charge in [0.25, 0.3) is 0 Å². The Kier molecular flexibility index (Phi) is 5.64. The van der Waals surface area contributed by atoms with Gasteiger partial charge in [-0.15, -0.1) is 0 Å². The minimum atomic E-state index is -0.174. The first-order valence-corrected chi connectivity index (χ1v) is 9.32. The number of hydrogen-bond acceptors (Lipinski definition) is 4. The summed E-state index contributed by atoms with van der Waals surface area (Å²) in [5.74, 6) is 1.02. The number of amides is 1. The minimum absolute atomic E-state index is 0.0122. The molecule has 0 saturated carbocycles. The smallest absolute Gasteiger partial charge is 0.223 e. The largest absolute Gasteiger partial charge is 0.487 e. The Labute approximate surface area is 150 Å². The van der Waals surface area contributed by atoms with Gasteiger partial charge in [0.15, 0.2) is 0 Å². The molecule has 0 unspecified atom stereocenters. The molecule has 1 amide bonds. The molecule has 0 radical (unpaired) electrons. The fourth-order valence-corrected chi connectivity index (χ4v) is 3.80. The van der Waals surface area contributed by atoms with Crippen molar-refractivity contribution in [2.24, 2.45) is 5.92 Å². The van der Waals surface area contributed by atoms with Gasteiger partial charge in [0.05, 0.1) is 12.6 Å². The Morgan fingerprint density at radius 1 is 1.36 bits per heavy atom. The van der Waals surface area contributed by atoms with Crippen LogP contribution in [0.2, 0.25) is 0 Å². The molecule has 5 nitrogen and oxygen atoms in total. The van der Waals surface area contributed by atoms with Gasteiger partial charge in [0.1, 0.15) is 11.4 Å². The van der Waals surface area contributed by atoms with Crippen LogP contribution >= 0.6 is 0 Å². The molecule has 2 aliphatic heterocycles. The lowest BCUT2D eigenvalue weighted by molar-refractivity contribution is -0.125. The fraction of sp³-hybridized carbons (Fsp3) is 0.650. The highest BCUT2D eigenvalue weighted by atomic mass is 16.5. The van der Waals surface area contributed by atoms with Crippen molar-refractivity contribution in [2.75, 3.05) is 33.4 Å². The second-order valence-electron chi connectivity index (χ2n) is 7.58. The van der Waals surface area contributed by atoms with E-state index in [2.05, 4.69) is 16.3 Å². The number of nitrogens with one attached hydrogen (secondary N) is 1. The van der Waals surface area contributed by atoms with Crippen molar-refractivity contribution >= 4 is 5.91 Å². The second-order valence-corrected chi connectivity index (χ2v) is 7.58.